The van der Waals surface area contributed by atoms with Crippen molar-refractivity contribution < 1.29 is 18.7 Å². The molecule has 1 aromatic carbocycles. The van der Waals surface area contributed by atoms with Gasteiger partial charge in [0.15, 0.2) is 0 Å². The Labute approximate surface area is 155 Å². The van der Waals surface area contributed by atoms with Crippen molar-refractivity contribution in [3.8, 4) is 11.5 Å². The number of aryl methyl sites for hydroxylation is 1. The molecule has 140 valence electrons. The van der Waals surface area contributed by atoms with Gasteiger partial charge in [-0.25, -0.2) is 4.57 Å². The highest BCUT2D eigenvalue weighted by Crippen LogP contribution is 2.60. The Morgan fingerprint density at radius 2 is 2.00 bits per heavy atom. The zero-order chi connectivity index (χ0) is 19.3. The molecule has 5 nitrogen and oxygen atoms in total. The SMILES string of the molecule is CC/C=C(\c1cccnc1)P(=O)(OCC)Oc1cc(C)c(O)c(C)c1C. The van der Waals surface area contributed by atoms with Gasteiger partial charge in [0.1, 0.15) is 11.5 Å². The van der Waals surface area contributed by atoms with Crippen LogP contribution in [0.4, 0.5) is 0 Å². The van der Waals surface area contributed by atoms with Crippen LogP contribution in [0.15, 0.2) is 36.7 Å². The molecule has 0 radical (unpaired) electrons. The number of aromatic nitrogens is 1. The number of aromatic hydroxyl groups is 1. The van der Waals surface area contributed by atoms with Crippen molar-refractivity contribution >= 4 is 12.9 Å². The number of allylic oxidation sites excluding steroid dienone is 1. The number of rotatable bonds is 7. The average molecular weight is 375 g/mol. The molecule has 26 heavy (non-hydrogen) atoms. The summed E-state index contributed by atoms with van der Waals surface area (Å²) in [4.78, 5) is 4.12. The summed E-state index contributed by atoms with van der Waals surface area (Å²) < 4.78 is 25.4. The first-order chi connectivity index (χ1) is 12.3. The highest BCUT2D eigenvalue weighted by molar-refractivity contribution is 7.65. The predicted octanol–water partition coefficient (Wildman–Crippen LogP) is 5.77. The molecule has 0 spiro atoms. The molecule has 0 aliphatic heterocycles. The summed E-state index contributed by atoms with van der Waals surface area (Å²) in [5.41, 5.74) is 2.80. The lowest BCUT2D eigenvalue weighted by molar-refractivity contribution is 0.289. The number of phenols is 1. The molecular weight excluding hydrogens is 349 g/mol. The van der Waals surface area contributed by atoms with Gasteiger partial charge in [-0.05, 0) is 62.9 Å². The number of benzene rings is 1. The molecule has 1 heterocycles. The van der Waals surface area contributed by atoms with Crippen LogP contribution in [0.1, 0.15) is 42.5 Å². The second-order valence-corrected chi connectivity index (χ2v) is 7.95. The Kier molecular flexibility index (Phi) is 6.63. The van der Waals surface area contributed by atoms with E-state index < -0.39 is 7.60 Å². The van der Waals surface area contributed by atoms with Gasteiger partial charge in [-0.2, -0.15) is 0 Å². The lowest BCUT2D eigenvalue weighted by Gasteiger charge is -2.23. The fourth-order valence-electron chi connectivity index (χ4n) is 2.67. The lowest BCUT2D eigenvalue weighted by atomic mass is 10.0. The van der Waals surface area contributed by atoms with Gasteiger partial charge >= 0.3 is 7.60 Å². The van der Waals surface area contributed by atoms with E-state index in [1.54, 1.807) is 45.3 Å². The monoisotopic (exact) mass is 375 g/mol. The third kappa shape index (κ3) is 4.17. The molecule has 2 aromatic rings. The zero-order valence-electron chi connectivity index (χ0n) is 15.9. The predicted molar refractivity (Wildman–Crippen MR) is 105 cm³/mol. The molecule has 1 unspecified atom stereocenters. The topological polar surface area (TPSA) is 68.7 Å². The van der Waals surface area contributed by atoms with E-state index in [-0.39, 0.29) is 12.4 Å². The van der Waals surface area contributed by atoms with Gasteiger partial charge in [0, 0.05) is 18.0 Å². The summed E-state index contributed by atoms with van der Waals surface area (Å²) in [5, 5.41) is 10.6. The van der Waals surface area contributed by atoms with Crippen molar-refractivity contribution in [2.45, 2.75) is 41.0 Å². The smallest absolute Gasteiger partial charge is 0.411 e. The zero-order valence-corrected chi connectivity index (χ0v) is 16.8. The maximum absolute atomic E-state index is 13.7. The molecule has 0 aliphatic rings. The first kappa shape index (κ1) is 20.2. The number of hydrogen-bond donors (Lipinski definition) is 1. The summed E-state index contributed by atoms with van der Waals surface area (Å²) in [6.45, 7) is 9.40. The van der Waals surface area contributed by atoms with E-state index in [0.717, 1.165) is 5.56 Å². The Balaban J connectivity index is 2.57. The molecule has 0 amide bonds. The standard InChI is InChI=1S/C20H26NO4P/c1-6-9-19(17-10-8-11-21-13-17)26(23,24-7-2)25-18-12-14(3)20(22)16(5)15(18)4/h8-13,22H,6-7H2,1-5H3/b19-9+. The molecule has 1 N–H and O–H groups in total. The van der Waals surface area contributed by atoms with Crippen LogP contribution in [0.3, 0.4) is 0 Å². The van der Waals surface area contributed by atoms with E-state index in [1.807, 2.05) is 26.0 Å². The number of pyridine rings is 1. The summed E-state index contributed by atoms with van der Waals surface area (Å²) in [7, 11) is -3.63. The van der Waals surface area contributed by atoms with Gasteiger partial charge in [-0.15, -0.1) is 0 Å². The van der Waals surface area contributed by atoms with Crippen LogP contribution in [0.2, 0.25) is 0 Å². The van der Waals surface area contributed by atoms with E-state index in [9.17, 15) is 9.67 Å². The van der Waals surface area contributed by atoms with Crippen molar-refractivity contribution in [2.75, 3.05) is 6.61 Å². The maximum Gasteiger partial charge on any atom is 0.411 e. The van der Waals surface area contributed by atoms with Crippen molar-refractivity contribution in [3.05, 3.63) is 58.9 Å². The van der Waals surface area contributed by atoms with Crippen LogP contribution >= 0.6 is 7.60 Å². The first-order valence-electron chi connectivity index (χ1n) is 8.69. The number of hydrogen-bond acceptors (Lipinski definition) is 5. The van der Waals surface area contributed by atoms with Crippen LogP contribution in [0, 0.1) is 20.8 Å². The largest absolute Gasteiger partial charge is 0.507 e. The fourth-order valence-corrected chi connectivity index (χ4v) is 4.60. The highest BCUT2D eigenvalue weighted by Gasteiger charge is 2.33. The Morgan fingerprint density at radius 3 is 2.58 bits per heavy atom. The molecule has 0 saturated heterocycles. The lowest BCUT2D eigenvalue weighted by Crippen LogP contribution is -2.03. The summed E-state index contributed by atoms with van der Waals surface area (Å²) in [6, 6.07) is 5.31. The molecule has 1 aromatic heterocycles. The van der Waals surface area contributed by atoms with Gasteiger partial charge < -0.3 is 9.63 Å². The highest BCUT2D eigenvalue weighted by atomic mass is 31.2. The van der Waals surface area contributed by atoms with E-state index >= 15 is 0 Å². The first-order valence-corrected chi connectivity index (χ1v) is 10.2. The minimum Gasteiger partial charge on any atom is -0.507 e. The van der Waals surface area contributed by atoms with E-state index in [2.05, 4.69) is 4.98 Å². The van der Waals surface area contributed by atoms with Gasteiger partial charge in [-0.3, -0.25) is 9.51 Å². The van der Waals surface area contributed by atoms with Crippen molar-refractivity contribution in [3.63, 3.8) is 0 Å². The second kappa shape index (κ2) is 8.52. The Morgan fingerprint density at radius 1 is 1.27 bits per heavy atom. The summed E-state index contributed by atoms with van der Waals surface area (Å²) >= 11 is 0. The molecule has 0 aliphatic carbocycles. The van der Waals surface area contributed by atoms with Gasteiger partial charge in [-0.1, -0.05) is 19.1 Å². The second-order valence-electron chi connectivity index (χ2n) is 6.04. The summed E-state index contributed by atoms with van der Waals surface area (Å²) in [5.74, 6) is 0.665. The summed E-state index contributed by atoms with van der Waals surface area (Å²) in [6.07, 6.45) is 5.84. The minimum atomic E-state index is -3.63. The molecule has 0 fully saturated rings. The molecule has 1 atom stereocenters. The Bertz CT molecular complexity index is 847. The molecule has 2 rings (SSSR count). The van der Waals surface area contributed by atoms with E-state index in [1.165, 1.54) is 0 Å². The van der Waals surface area contributed by atoms with Crippen molar-refractivity contribution in [1.29, 1.82) is 0 Å². The van der Waals surface area contributed by atoms with Crippen LogP contribution in [-0.2, 0) is 9.09 Å². The number of phenolic OH excluding ortho intramolecular Hbond substituents is 1. The Hall–Kier alpha value is -2.10. The van der Waals surface area contributed by atoms with Crippen LogP contribution in [-0.4, -0.2) is 16.7 Å². The normalized spacial score (nSPS) is 14.1. The van der Waals surface area contributed by atoms with Crippen molar-refractivity contribution in [1.82, 2.24) is 4.98 Å². The average Bonchev–Trinajstić information content (AvgIpc) is 2.63. The molecule has 6 heteroatoms. The number of nitrogens with zero attached hydrogens (tertiary/aromatic N) is 1. The van der Waals surface area contributed by atoms with E-state index in [0.29, 0.717) is 34.2 Å². The van der Waals surface area contributed by atoms with Gasteiger partial charge in [0.05, 0.1) is 11.9 Å². The van der Waals surface area contributed by atoms with Crippen molar-refractivity contribution in [2.24, 2.45) is 0 Å². The van der Waals surface area contributed by atoms with Crippen LogP contribution in [0.25, 0.3) is 5.31 Å². The van der Waals surface area contributed by atoms with Crippen LogP contribution in [0.5, 0.6) is 11.5 Å². The van der Waals surface area contributed by atoms with Gasteiger partial charge in [0.25, 0.3) is 0 Å². The molecule has 0 saturated carbocycles. The quantitative estimate of drug-likeness (QED) is 0.622. The minimum absolute atomic E-state index is 0.220. The third-order valence-corrected chi connectivity index (χ3v) is 6.24. The maximum atomic E-state index is 13.7. The van der Waals surface area contributed by atoms with Crippen LogP contribution < -0.4 is 4.52 Å². The molecule has 0 bridgehead atoms. The van der Waals surface area contributed by atoms with Gasteiger partial charge in [0.2, 0.25) is 0 Å². The fraction of sp³-hybridized carbons (Fsp3) is 0.350. The van der Waals surface area contributed by atoms with E-state index in [4.69, 9.17) is 9.05 Å². The molecular formula is C20H26NO4P. The third-order valence-electron chi connectivity index (χ3n) is 4.18.